The first-order valence-electron chi connectivity index (χ1n) is 3.38. The van der Waals surface area contributed by atoms with E-state index in [2.05, 4.69) is 0 Å². The van der Waals surface area contributed by atoms with Gasteiger partial charge in [0.05, 0.1) is 10.9 Å². The Morgan fingerprint density at radius 3 is 2.67 bits per heavy atom. The largest absolute Gasteiger partial charge is 0.491 e. The van der Waals surface area contributed by atoms with E-state index in [0.29, 0.717) is 28.3 Å². The van der Waals surface area contributed by atoms with Gasteiger partial charge in [0, 0.05) is 11.1 Å². The Kier molecular flexibility index (Phi) is 3.99. The molecule has 0 spiro atoms. The molecule has 1 nitrogen and oxygen atoms in total. The standard InChI is InChI=1S/C8H7Cl3O/c9-3-4-12-8-5-6(10)1-2-7(8)11/h1-2,5H,3-4H2. The van der Waals surface area contributed by atoms with Crippen LogP contribution < -0.4 is 4.74 Å². The van der Waals surface area contributed by atoms with E-state index in [1.165, 1.54) is 0 Å². The van der Waals surface area contributed by atoms with Gasteiger partial charge in [-0.05, 0) is 12.1 Å². The molecule has 0 aliphatic heterocycles. The summed E-state index contributed by atoms with van der Waals surface area (Å²) in [5.74, 6) is 1.01. The van der Waals surface area contributed by atoms with Crippen LogP contribution in [0, 0.1) is 0 Å². The van der Waals surface area contributed by atoms with Gasteiger partial charge in [-0.3, -0.25) is 0 Å². The predicted octanol–water partition coefficient (Wildman–Crippen LogP) is 3.61. The van der Waals surface area contributed by atoms with Gasteiger partial charge in [0.2, 0.25) is 0 Å². The zero-order valence-electron chi connectivity index (χ0n) is 6.19. The summed E-state index contributed by atoms with van der Waals surface area (Å²) in [6, 6.07) is 5.06. The summed E-state index contributed by atoms with van der Waals surface area (Å²) in [7, 11) is 0. The van der Waals surface area contributed by atoms with E-state index in [9.17, 15) is 0 Å². The summed E-state index contributed by atoms with van der Waals surface area (Å²) in [4.78, 5) is 0. The summed E-state index contributed by atoms with van der Waals surface area (Å²) < 4.78 is 5.22. The van der Waals surface area contributed by atoms with E-state index in [-0.39, 0.29) is 0 Å². The fraction of sp³-hybridized carbons (Fsp3) is 0.250. The Morgan fingerprint density at radius 1 is 1.25 bits per heavy atom. The van der Waals surface area contributed by atoms with Gasteiger partial charge in [0.15, 0.2) is 0 Å². The second-order valence-corrected chi connectivity index (χ2v) is 3.33. The van der Waals surface area contributed by atoms with Gasteiger partial charge >= 0.3 is 0 Å². The molecule has 4 heteroatoms. The number of hydrogen-bond donors (Lipinski definition) is 0. The molecule has 66 valence electrons. The Morgan fingerprint density at radius 2 is 2.00 bits per heavy atom. The van der Waals surface area contributed by atoms with Gasteiger partial charge in [-0.25, -0.2) is 0 Å². The van der Waals surface area contributed by atoms with Gasteiger partial charge < -0.3 is 4.74 Å². The van der Waals surface area contributed by atoms with Gasteiger partial charge in [0.25, 0.3) is 0 Å². The molecule has 1 rings (SSSR count). The molecule has 0 saturated heterocycles. The van der Waals surface area contributed by atoms with Crippen LogP contribution in [-0.2, 0) is 0 Å². The predicted molar refractivity (Wildman–Crippen MR) is 52.7 cm³/mol. The van der Waals surface area contributed by atoms with Crippen molar-refractivity contribution in [2.24, 2.45) is 0 Å². The monoisotopic (exact) mass is 224 g/mol. The number of halogens is 3. The minimum Gasteiger partial charge on any atom is -0.491 e. The maximum absolute atomic E-state index is 5.81. The SMILES string of the molecule is ClCCOc1cc(Cl)ccc1Cl. The highest BCUT2D eigenvalue weighted by Gasteiger charge is 2.00. The average molecular weight is 226 g/mol. The number of benzene rings is 1. The molecule has 0 aliphatic rings. The van der Waals surface area contributed by atoms with Crippen molar-refractivity contribution in [3.05, 3.63) is 28.2 Å². The number of ether oxygens (including phenoxy) is 1. The van der Waals surface area contributed by atoms with Crippen molar-refractivity contribution in [3.8, 4) is 5.75 Å². The molecule has 0 unspecified atom stereocenters. The lowest BCUT2D eigenvalue weighted by atomic mass is 10.3. The lowest BCUT2D eigenvalue weighted by Gasteiger charge is -2.05. The zero-order valence-corrected chi connectivity index (χ0v) is 8.46. The first kappa shape index (κ1) is 9.97. The zero-order chi connectivity index (χ0) is 8.97. The molecule has 0 fully saturated rings. The lowest BCUT2D eigenvalue weighted by Crippen LogP contribution is -1.98. The summed E-state index contributed by atoms with van der Waals surface area (Å²) in [5, 5.41) is 1.15. The summed E-state index contributed by atoms with van der Waals surface area (Å²) in [6.07, 6.45) is 0. The van der Waals surface area contributed by atoms with E-state index >= 15 is 0 Å². The molecule has 1 aromatic rings. The smallest absolute Gasteiger partial charge is 0.139 e. The van der Waals surface area contributed by atoms with Crippen LogP contribution in [0.2, 0.25) is 10.0 Å². The van der Waals surface area contributed by atoms with Crippen LogP contribution >= 0.6 is 34.8 Å². The Balaban J connectivity index is 2.75. The Labute approximate surface area is 86.2 Å². The van der Waals surface area contributed by atoms with Crippen molar-refractivity contribution in [3.63, 3.8) is 0 Å². The van der Waals surface area contributed by atoms with E-state index in [1.54, 1.807) is 18.2 Å². The minimum atomic E-state index is 0.432. The Bertz CT molecular complexity index is 262. The fourth-order valence-electron chi connectivity index (χ4n) is 0.736. The molecule has 0 atom stereocenters. The molecule has 0 saturated carbocycles. The molecular weight excluding hydrogens is 218 g/mol. The third kappa shape index (κ3) is 2.74. The van der Waals surface area contributed by atoms with Crippen LogP contribution in [0.3, 0.4) is 0 Å². The number of alkyl halides is 1. The van der Waals surface area contributed by atoms with Crippen molar-refractivity contribution < 1.29 is 4.74 Å². The summed E-state index contributed by atoms with van der Waals surface area (Å²) >= 11 is 17.0. The number of rotatable bonds is 3. The average Bonchev–Trinajstić information content (AvgIpc) is 2.07. The highest BCUT2D eigenvalue weighted by molar-refractivity contribution is 6.34. The van der Waals surface area contributed by atoms with E-state index < -0.39 is 0 Å². The van der Waals surface area contributed by atoms with Gasteiger partial charge in [0.1, 0.15) is 12.4 Å². The summed E-state index contributed by atoms with van der Waals surface area (Å²) in [6.45, 7) is 0.432. The first-order valence-corrected chi connectivity index (χ1v) is 4.67. The lowest BCUT2D eigenvalue weighted by molar-refractivity contribution is 0.343. The molecule has 0 bridgehead atoms. The summed E-state index contributed by atoms with van der Waals surface area (Å²) in [5.41, 5.74) is 0. The van der Waals surface area contributed by atoms with Crippen molar-refractivity contribution in [1.82, 2.24) is 0 Å². The van der Waals surface area contributed by atoms with E-state index in [0.717, 1.165) is 0 Å². The fourth-order valence-corrected chi connectivity index (χ4v) is 1.15. The van der Waals surface area contributed by atoms with Gasteiger partial charge in [-0.2, -0.15) is 0 Å². The highest BCUT2D eigenvalue weighted by atomic mass is 35.5. The first-order chi connectivity index (χ1) is 5.74. The van der Waals surface area contributed by atoms with Crippen LogP contribution in [-0.4, -0.2) is 12.5 Å². The maximum Gasteiger partial charge on any atom is 0.139 e. The van der Waals surface area contributed by atoms with Crippen molar-refractivity contribution in [1.29, 1.82) is 0 Å². The number of hydrogen-bond acceptors (Lipinski definition) is 1. The van der Waals surface area contributed by atoms with Crippen LogP contribution in [0.15, 0.2) is 18.2 Å². The van der Waals surface area contributed by atoms with Crippen LogP contribution in [0.5, 0.6) is 5.75 Å². The van der Waals surface area contributed by atoms with Crippen molar-refractivity contribution >= 4 is 34.8 Å². The maximum atomic E-state index is 5.81. The molecule has 0 amide bonds. The molecule has 0 radical (unpaired) electrons. The van der Waals surface area contributed by atoms with E-state index in [1.807, 2.05) is 0 Å². The third-order valence-corrected chi connectivity index (χ3v) is 1.93. The third-order valence-electron chi connectivity index (χ3n) is 1.23. The second-order valence-electron chi connectivity index (χ2n) is 2.11. The Hall–Kier alpha value is -0.110. The molecular formula is C8H7Cl3O. The van der Waals surface area contributed by atoms with E-state index in [4.69, 9.17) is 39.5 Å². The normalized spacial score (nSPS) is 9.92. The van der Waals surface area contributed by atoms with Crippen molar-refractivity contribution in [2.45, 2.75) is 0 Å². The highest BCUT2D eigenvalue weighted by Crippen LogP contribution is 2.27. The molecule has 0 aromatic heterocycles. The second kappa shape index (κ2) is 4.80. The molecule has 1 aromatic carbocycles. The van der Waals surface area contributed by atoms with Crippen LogP contribution in [0.4, 0.5) is 0 Å². The van der Waals surface area contributed by atoms with Crippen molar-refractivity contribution in [2.75, 3.05) is 12.5 Å². The molecule has 0 aliphatic carbocycles. The molecule has 12 heavy (non-hydrogen) atoms. The molecule has 0 heterocycles. The molecule has 0 N–H and O–H groups in total. The quantitative estimate of drug-likeness (QED) is 0.714. The minimum absolute atomic E-state index is 0.432. The topological polar surface area (TPSA) is 9.23 Å². The van der Waals surface area contributed by atoms with Gasteiger partial charge in [-0.1, -0.05) is 23.2 Å². The van der Waals surface area contributed by atoms with Gasteiger partial charge in [-0.15, -0.1) is 11.6 Å². The van der Waals surface area contributed by atoms with Crippen LogP contribution in [0.1, 0.15) is 0 Å². The van der Waals surface area contributed by atoms with Crippen LogP contribution in [0.25, 0.3) is 0 Å².